The van der Waals surface area contributed by atoms with Crippen molar-refractivity contribution in [3.63, 3.8) is 0 Å². The maximum atomic E-state index is 12.3. The number of methoxy groups -OCH3 is 1. The number of amides is 1. The van der Waals surface area contributed by atoms with Gasteiger partial charge < -0.3 is 14.8 Å². The van der Waals surface area contributed by atoms with Crippen LogP contribution in [0.2, 0.25) is 0 Å². The fourth-order valence-electron chi connectivity index (χ4n) is 3.27. The molecule has 0 aromatic heterocycles. The number of carbonyl (C=O) groups excluding carboxylic acids is 2. The number of ketones is 1. The molecule has 1 heterocycles. The van der Waals surface area contributed by atoms with Crippen molar-refractivity contribution in [2.75, 3.05) is 44.5 Å². The van der Waals surface area contributed by atoms with Crippen molar-refractivity contribution < 1.29 is 19.1 Å². The molecule has 1 aliphatic rings. The fraction of sp³-hybridized carbons (Fsp3) is 0.391. The molecule has 0 bridgehead atoms. The summed E-state index contributed by atoms with van der Waals surface area (Å²) in [4.78, 5) is 26.3. The summed E-state index contributed by atoms with van der Waals surface area (Å²) in [6, 6.07) is 13.4. The van der Waals surface area contributed by atoms with Crippen molar-refractivity contribution in [2.24, 2.45) is 0 Å². The first-order chi connectivity index (χ1) is 14.5. The topological polar surface area (TPSA) is 67.9 Å². The minimum absolute atomic E-state index is 0.0127. The summed E-state index contributed by atoms with van der Waals surface area (Å²) in [5.74, 6) is 1.60. The molecule has 1 saturated heterocycles. The second-order valence-corrected chi connectivity index (χ2v) is 8.19. The Kier molecular flexibility index (Phi) is 8.30. The summed E-state index contributed by atoms with van der Waals surface area (Å²) in [6.07, 6.45) is 0. The van der Waals surface area contributed by atoms with Crippen LogP contribution in [0.1, 0.15) is 28.4 Å². The van der Waals surface area contributed by atoms with Gasteiger partial charge in [-0.2, -0.15) is 0 Å². The third-order valence-corrected chi connectivity index (χ3v) is 5.91. The second kappa shape index (κ2) is 11.2. The van der Waals surface area contributed by atoms with Crippen molar-refractivity contribution in [1.82, 2.24) is 4.90 Å². The van der Waals surface area contributed by atoms with Crippen LogP contribution in [0.5, 0.6) is 5.75 Å². The van der Waals surface area contributed by atoms with Crippen LogP contribution in [0.3, 0.4) is 0 Å². The van der Waals surface area contributed by atoms with Crippen LogP contribution < -0.4 is 10.1 Å². The molecule has 1 aliphatic heterocycles. The molecule has 0 saturated carbocycles. The molecule has 1 N–H and O–H groups in total. The molecular weight excluding hydrogens is 400 g/mol. The van der Waals surface area contributed by atoms with E-state index >= 15 is 0 Å². The van der Waals surface area contributed by atoms with E-state index in [0.29, 0.717) is 17.1 Å². The van der Waals surface area contributed by atoms with Gasteiger partial charge in [0.15, 0.2) is 5.78 Å². The van der Waals surface area contributed by atoms with E-state index in [2.05, 4.69) is 22.3 Å². The van der Waals surface area contributed by atoms with Crippen molar-refractivity contribution in [3.8, 4) is 5.75 Å². The highest BCUT2D eigenvalue weighted by Gasteiger charge is 2.11. The molecule has 1 amide bonds. The van der Waals surface area contributed by atoms with Crippen LogP contribution in [0.15, 0.2) is 42.5 Å². The maximum Gasteiger partial charge on any atom is 0.234 e. The summed E-state index contributed by atoms with van der Waals surface area (Å²) < 4.78 is 10.7. The van der Waals surface area contributed by atoms with Gasteiger partial charge in [-0.3, -0.25) is 14.5 Å². The van der Waals surface area contributed by atoms with Crippen LogP contribution in [0.4, 0.5) is 5.69 Å². The number of hydrogen-bond donors (Lipinski definition) is 1. The predicted molar refractivity (Wildman–Crippen MR) is 120 cm³/mol. The lowest BCUT2D eigenvalue weighted by Gasteiger charge is -2.26. The Morgan fingerprint density at radius 2 is 1.87 bits per heavy atom. The molecular formula is C23H28N2O4S. The van der Waals surface area contributed by atoms with Gasteiger partial charge in [0.1, 0.15) is 5.75 Å². The van der Waals surface area contributed by atoms with E-state index in [9.17, 15) is 9.59 Å². The van der Waals surface area contributed by atoms with Crippen LogP contribution in [-0.2, 0) is 21.8 Å². The van der Waals surface area contributed by atoms with Crippen LogP contribution in [0, 0.1) is 0 Å². The quantitative estimate of drug-likeness (QED) is 0.616. The van der Waals surface area contributed by atoms with Gasteiger partial charge in [0.05, 0.1) is 26.1 Å². The highest BCUT2D eigenvalue weighted by Crippen LogP contribution is 2.25. The number of ether oxygens (including phenoxy) is 2. The molecule has 0 aliphatic carbocycles. The van der Waals surface area contributed by atoms with Crippen molar-refractivity contribution in [3.05, 3.63) is 59.2 Å². The van der Waals surface area contributed by atoms with Crippen LogP contribution in [0.25, 0.3) is 0 Å². The van der Waals surface area contributed by atoms with Crippen molar-refractivity contribution >= 4 is 29.1 Å². The van der Waals surface area contributed by atoms with Gasteiger partial charge in [-0.1, -0.05) is 12.1 Å². The average Bonchev–Trinajstić information content (AvgIpc) is 2.75. The Morgan fingerprint density at radius 1 is 1.13 bits per heavy atom. The van der Waals surface area contributed by atoms with Gasteiger partial charge >= 0.3 is 0 Å². The number of hydrogen-bond acceptors (Lipinski definition) is 6. The lowest BCUT2D eigenvalue weighted by Crippen LogP contribution is -2.35. The van der Waals surface area contributed by atoms with Gasteiger partial charge in [-0.25, -0.2) is 0 Å². The number of Topliss-reactive ketones (excluding diaryl/α,β-unsaturated/α-hetero) is 1. The molecule has 30 heavy (non-hydrogen) atoms. The molecule has 2 aromatic carbocycles. The van der Waals surface area contributed by atoms with Gasteiger partial charge in [0, 0.05) is 42.2 Å². The Hall–Kier alpha value is -2.35. The lowest BCUT2D eigenvalue weighted by molar-refractivity contribution is -0.113. The number of rotatable bonds is 9. The summed E-state index contributed by atoms with van der Waals surface area (Å²) >= 11 is 1.49. The maximum absolute atomic E-state index is 12.3. The first-order valence-corrected chi connectivity index (χ1v) is 11.1. The zero-order valence-electron chi connectivity index (χ0n) is 17.5. The summed E-state index contributed by atoms with van der Waals surface area (Å²) in [6.45, 7) is 5.92. The number of morpholine rings is 1. The number of benzene rings is 2. The van der Waals surface area contributed by atoms with Crippen LogP contribution >= 0.6 is 11.8 Å². The minimum Gasteiger partial charge on any atom is -0.496 e. The summed E-state index contributed by atoms with van der Waals surface area (Å²) in [5, 5.41) is 2.94. The smallest absolute Gasteiger partial charge is 0.234 e. The zero-order valence-corrected chi connectivity index (χ0v) is 18.3. The van der Waals surface area contributed by atoms with E-state index in [1.807, 2.05) is 18.2 Å². The number of anilines is 1. The Bertz CT molecular complexity index is 864. The SMILES string of the molecule is COc1ccc(C(C)=O)cc1CSCC(=O)Nc1ccc(CN2CCOCC2)cc1. The zero-order chi connectivity index (χ0) is 21.3. The minimum atomic E-state index is -0.0531. The van der Waals surface area contributed by atoms with E-state index in [0.717, 1.165) is 49.8 Å². The molecule has 0 spiro atoms. The van der Waals surface area contributed by atoms with E-state index < -0.39 is 0 Å². The Balaban J connectivity index is 1.46. The highest BCUT2D eigenvalue weighted by molar-refractivity contribution is 7.99. The first kappa shape index (κ1) is 22.3. The molecule has 2 aromatic rings. The van der Waals surface area contributed by atoms with E-state index in [1.54, 1.807) is 26.2 Å². The first-order valence-electron chi connectivity index (χ1n) is 9.99. The van der Waals surface area contributed by atoms with Gasteiger partial charge in [0.2, 0.25) is 5.91 Å². The molecule has 160 valence electrons. The molecule has 3 rings (SSSR count). The molecule has 1 fully saturated rings. The Morgan fingerprint density at radius 3 is 2.53 bits per heavy atom. The summed E-state index contributed by atoms with van der Waals surface area (Å²) in [5.41, 5.74) is 3.58. The third-order valence-electron chi connectivity index (χ3n) is 4.93. The third kappa shape index (κ3) is 6.58. The normalized spacial score (nSPS) is 14.3. The number of thioether (sulfide) groups is 1. The summed E-state index contributed by atoms with van der Waals surface area (Å²) in [7, 11) is 1.60. The molecule has 0 radical (unpaired) electrons. The van der Waals surface area contributed by atoms with Crippen molar-refractivity contribution in [2.45, 2.75) is 19.2 Å². The molecule has 0 atom stereocenters. The highest BCUT2D eigenvalue weighted by atomic mass is 32.2. The van der Waals surface area contributed by atoms with Gasteiger partial charge in [0.25, 0.3) is 0 Å². The molecule has 0 unspecified atom stereocenters. The van der Waals surface area contributed by atoms with Gasteiger partial charge in [-0.15, -0.1) is 11.8 Å². The monoisotopic (exact) mass is 428 g/mol. The van der Waals surface area contributed by atoms with E-state index in [4.69, 9.17) is 9.47 Å². The Labute approximate surface area is 181 Å². The second-order valence-electron chi connectivity index (χ2n) is 7.21. The predicted octanol–water partition coefficient (Wildman–Crippen LogP) is 3.60. The fourth-order valence-corrected chi connectivity index (χ4v) is 4.08. The number of carbonyl (C=O) groups is 2. The number of nitrogens with zero attached hydrogens (tertiary/aromatic N) is 1. The van der Waals surface area contributed by atoms with E-state index in [1.165, 1.54) is 17.3 Å². The molecule has 7 heteroatoms. The average molecular weight is 429 g/mol. The standard InChI is InChI=1S/C23H28N2O4S/c1-17(26)19-5-8-22(28-2)20(13-19)15-30-16-23(27)24-21-6-3-18(4-7-21)14-25-9-11-29-12-10-25/h3-8,13H,9-12,14-16H2,1-2H3,(H,24,27). The largest absolute Gasteiger partial charge is 0.496 e. The lowest BCUT2D eigenvalue weighted by atomic mass is 10.1. The van der Waals surface area contributed by atoms with Gasteiger partial charge in [-0.05, 0) is 42.8 Å². The van der Waals surface area contributed by atoms with Crippen molar-refractivity contribution in [1.29, 1.82) is 0 Å². The van der Waals surface area contributed by atoms with Crippen LogP contribution in [-0.4, -0.2) is 55.8 Å². The van der Waals surface area contributed by atoms with E-state index in [-0.39, 0.29) is 11.7 Å². The molecule has 6 nitrogen and oxygen atoms in total. The number of nitrogens with one attached hydrogen (secondary N) is 1.